The molecular formula is C25H37BN4O. The van der Waals surface area contributed by atoms with Gasteiger partial charge in [0.1, 0.15) is 7.85 Å². The molecule has 0 aromatic heterocycles. The van der Waals surface area contributed by atoms with E-state index in [0.29, 0.717) is 18.0 Å². The summed E-state index contributed by atoms with van der Waals surface area (Å²) in [5.74, 6) is 0.583. The lowest BCUT2D eigenvalue weighted by molar-refractivity contribution is -0.140. The molecule has 0 radical (unpaired) electrons. The Morgan fingerprint density at radius 3 is 2.58 bits per heavy atom. The number of carbonyl (C=O) groups is 1. The first-order chi connectivity index (χ1) is 15.0. The molecule has 1 aromatic carbocycles. The lowest BCUT2D eigenvalue weighted by Gasteiger charge is -2.42. The predicted octanol–water partition coefficient (Wildman–Crippen LogP) is 1.12. The summed E-state index contributed by atoms with van der Waals surface area (Å²) in [7, 11) is 2.19. The number of likely N-dealkylation sites (tertiary alicyclic amines) is 1. The molecule has 2 saturated heterocycles. The number of rotatable bonds is 5. The molecule has 1 amide bonds. The van der Waals surface area contributed by atoms with E-state index in [9.17, 15) is 4.79 Å². The second-order valence-electron chi connectivity index (χ2n) is 9.61. The third-order valence-electron chi connectivity index (χ3n) is 7.18. The molecule has 0 saturated carbocycles. The van der Waals surface area contributed by atoms with Crippen LogP contribution in [0.4, 0.5) is 0 Å². The molecule has 3 aliphatic rings. The number of hydrogen-bond donors (Lipinski definition) is 1. The average Bonchev–Trinajstić information content (AvgIpc) is 2.77. The molecule has 31 heavy (non-hydrogen) atoms. The summed E-state index contributed by atoms with van der Waals surface area (Å²) < 4.78 is 0. The van der Waals surface area contributed by atoms with Crippen molar-refractivity contribution in [3.63, 3.8) is 0 Å². The van der Waals surface area contributed by atoms with Gasteiger partial charge in [-0.1, -0.05) is 35.8 Å². The van der Waals surface area contributed by atoms with E-state index >= 15 is 0 Å². The van der Waals surface area contributed by atoms with Crippen LogP contribution in [0.25, 0.3) is 0 Å². The number of carbonyl (C=O) groups excluding carboxylic acids is 1. The van der Waals surface area contributed by atoms with Gasteiger partial charge in [0, 0.05) is 50.7 Å². The van der Waals surface area contributed by atoms with Crippen LogP contribution in [0.3, 0.4) is 0 Å². The topological polar surface area (TPSA) is 38.8 Å². The molecule has 2 fully saturated rings. The number of piperazine rings is 1. The fourth-order valence-electron chi connectivity index (χ4n) is 5.13. The van der Waals surface area contributed by atoms with Crippen molar-refractivity contribution in [2.24, 2.45) is 5.92 Å². The maximum atomic E-state index is 13.2. The number of amides is 1. The highest BCUT2D eigenvalue weighted by Crippen LogP contribution is 2.23. The van der Waals surface area contributed by atoms with Gasteiger partial charge < -0.3 is 10.2 Å². The second-order valence-corrected chi connectivity index (χ2v) is 9.61. The fourth-order valence-corrected chi connectivity index (χ4v) is 5.13. The van der Waals surface area contributed by atoms with Gasteiger partial charge in [-0.25, -0.2) is 0 Å². The van der Waals surface area contributed by atoms with E-state index in [0.717, 1.165) is 58.7 Å². The summed E-state index contributed by atoms with van der Waals surface area (Å²) in [5.41, 5.74) is 4.13. The molecule has 6 heteroatoms. The average molecular weight is 420 g/mol. The zero-order valence-corrected chi connectivity index (χ0v) is 19.4. The maximum Gasteiger partial charge on any atom is 0.225 e. The summed E-state index contributed by atoms with van der Waals surface area (Å²) in [4.78, 5) is 20.4. The van der Waals surface area contributed by atoms with Crippen LogP contribution in [0.15, 0.2) is 48.2 Å². The second kappa shape index (κ2) is 10.1. The Hall–Kier alpha value is -2.05. The van der Waals surface area contributed by atoms with Crippen LogP contribution in [-0.2, 0) is 11.3 Å². The van der Waals surface area contributed by atoms with Crippen molar-refractivity contribution in [1.82, 2.24) is 20.0 Å². The first kappa shape index (κ1) is 22.2. The van der Waals surface area contributed by atoms with Gasteiger partial charge in [0.25, 0.3) is 0 Å². The SMILES string of the molecule is Bc1ccccc1CN1CCN(C(=O)C2CCN(CC3=C[C@@H](C)NC=C3)CC2)C[C@H]1C. The van der Waals surface area contributed by atoms with Gasteiger partial charge in [-0.15, -0.1) is 0 Å². The van der Waals surface area contributed by atoms with Crippen LogP contribution in [0.2, 0.25) is 0 Å². The Balaban J connectivity index is 1.24. The highest BCUT2D eigenvalue weighted by atomic mass is 16.2. The van der Waals surface area contributed by atoms with Gasteiger partial charge in [-0.05, 0) is 63.2 Å². The Kier molecular flexibility index (Phi) is 7.18. The van der Waals surface area contributed by atoms with Gasteiger partial charge in [0.05, 0.1) is 0 Å². The van der Waals surface area contributed by atoms with Crippen molar-refractivity contribution in [3.05, 3.63) is 53.8 Å². The summed E-state index contributed by atoms with van der Waals surface area (Å²) in [6, 6.07) is 9.44. The van der Waals surface area contributed by atoms with Crippen LogP contribution in [0.5, 0.6) is 0 Å². The third-order valence-corrected chi connectivity index (χ3v) is 7.18. The fraction of sp³-hybridized carbons (Fsp3) is 0.560. The molecule has 1 aromatic rings. The van der Waals surface area contributed by atoms with Crippen LogP contribution >= 0.6 is 0 Å². The van der Waals surface area contributed by atoms with E-state index in [1.54, 1.807) is 0 Å². The van der Waals surface area contributed by atoms with Gasteiger partial charge in [-0.3, -0.25) is 14.6 Å². The Labute approximate surface area is 188 Å². The van der Waals surface area contributed by atoms with Crippen LogP contribution in [-0.4, -0.2) is 79.8 Å². The van der Waals surface area contributed by atoms with E-state index in [1.165, 1.54) is 16.6 Å². The Morgan fingerprint density at radius 1 is 1.10 bits per heavy atom. The summed E-state index contributed by atoms with van der Waals surface area (Å²) in [6.45, 7) is 11.1. The first-order valence-corrected chi connectivity index (χ1v) is 11.9. The van der Waals surface area contributed by atoms with Crippen molar-refractivity contribution in [2.45, 2.75) is 45.3 Å². The van der Waals surface area contributed by atoms with E-state index in [4.69, 9.17) is 0 Å². The molecule has 0 unspecified atom stereocenters. The minimum Gasteiger partial charge on any atom is -0.385 e. The molecule has 3 heterocycles. The van der Waals surface area contributed by atoms with Crippen molar-refractivity contribution in [1.29, 1.82) is 0 Å². The smallest absolute Gasteiger partial charge is 0.225 e. The molecule has 2 atom stereocenters. The quantitative estimate of drug-likeness (QED) is 0.725. The monoisotopic (exact) mass is 420 g/mol. The Bertz CT molecular complexity index is 831. The summed E-state index contributed by atoms with van der Waals surface area (Å²) in [6.07, 6.45) is 8.50. The predicted molar refractivity (Wildman–Crippen MR) is 130 cm³/mol. The number of dihydropyridines is 1. The molecular weight excluding hydrogens is 383 g/mol. The number of nitrogens with zero attached hydrogens (tertiary/aromatic N) is 3. The van der Waals surface area contributed by atoms with Crippen molar-refractivity contribution >= 4 is 19.2 Å². The number of piperidine rings is 1. The van der Waals surface area contributed by atoms with Crippen LogP contribution in [0, 0.1) is 5.92 Å². The maximum absolute atomic E-state index is 13.2. The van der Waals surface area contributed by atoms with Crippen LogP contribution in [0.1, 0.15) is 32.3 Å². The zero-order valence-electron chi connectivity index (χ0n) is 19.4. The lowest BCUT2D eigenvalue weighted by atomic mass is 9.90. The molecule has 5 nitrogen and oxygen atoms in total. The van der Waals surface area contributed by atoms with E-state index in [1.807, 2.05) is 0 Å². The number of nitrogens with one attached hydrogen (secondary N) is 1. The molecule has 166 valence electrons. The minimum absolute atomic E-state index is 0.197. The summed E-state index contributed by atoms with van der Waals surface area (Å²) >= 11 is 0. The molecule has 3 aliphatic heterocycles. The third kappa shape index (κ3) is 5.61. The molecule has 0 spiro atoms. The van der Waals surface area contributed by atoms with Gasteiger partial charge >= 0.3 is 0 Å². The zero-order chi connectivity index (χ0) is 21.8. The number of benzene rings is 1. The molecule has 4 rings (SSSR count). The highest BCUT2D eigenvalue weighted by Gasteiger charge is 2.32. The van der Waals surface area contributed by atoms with Crippen molar-refractivity contribution in [3.8, 4) is 0 Å². The molecule has 0 bridgehead atoms. The lowest BCUT2D eigenvalue weighted by Crippen LogP contribution is -2.55. The van der Waals surface area contributed by atoms with E-state index < -0.39 is 0 Å². The van der Waals surface area contributed by atoms with Crippen molar-refractivity contribution < 1.29 is 4.79 Å². The van der Waals surface area contributed by atoms with Gasteiger partial charge in [-0.2, -0.15) is 0 Å². The molecule has 1 N–H and O–H groups in total. The minimum atomic E-state index is 0.197. The first-order valence-electron chi connectivity index (χ1n) is 11.9. The number of hydrogen-bond acceptors (Lipinski definition) is 4. The normalized spacial score (nSPS) is 25.9. The van der Waals surface area contributed by atoms with Crippen molar-refractivity contribution in [2.75, 3.05) is 39.3 Å². The standard InChI is InChI=1S/C25H37BN4O/c1-19-15-21(7-10-27-19)17-28-11-8-22(9-12-28)25(31)30-14-13-29(20(2)16-30)18-23-5-3-4-6-24(23)26/h3-7,10,15,19-20,22,27H,8-9,11-14,16-18,26H2,1-2H3/t19-,20-/m1/s1. The van der Waals surface area contributed by atoms with Gasteiger partial charge in [0.15, 0.2) is 0 Å². The van der Waals surface area contributed by atoms with E-state index in [-0.39, 0.29) is 5.92 Å². The van der Waals surface area contributed by atoms with Gasteiger partial charge in [0.2, 0.25) is 5.91 Å². The summed E-state index contributed by atoms with van der Waals surface area (Å²) in [5, 5.41) is 3.30. The molecule has 0 aliphatic carbocycles. The highest BCUT2D eigenvalue weighted by molar-refractivity contribution is 6.33. The largest absolute Gasteiger partial charge is 0.385 e. The van der Waals surface area contributed by atoms with E-state index in [2.05, 4.69) is 84.3 Å². The van der Waals surface area contributed by atoms with Crippen LogP contribution < -0.4 is 10.8 Å². The Morgan fingerprint density at radius 2 is 1.87 bits per heavy atom.